The van der Waals surface area contributed by atoms with Gasteiger partial charge in [-0.3, -0.25) is 9.59 Å². The number of hydrogen-bond acceptors (Lipinski definition) is 9. The summed E-state index contributed by atoms with van der Waals surface area (Å²) in [5, 5.41) is 3.96. The van der Waals surface area contributed by atoms with Gasteiger partial charge in [-0.05, 0) is 74.3 Å². The Balaban J connectivity index is 3.10. The van der Waals surface area contributed by atoms with Crippen LogP contribution in [0.1, 0.15) is 87.1 Å². The van der Waals surface area contributed by atoms with Crippen LogP contribution in [0.5, 0.6) is 0 Å². The summed E-state index contributed by atoms with van der Waals surface area (Å²) in [7, 11) is 0. The number of ether oxygens (including phenoxy) is 4. The lowest BCUT2D eigenvalue weighted by Crippen LogP contribution is -2.54. The molecule has 0 aliphatic heterocycles. The van der Waals surface area contributed by atoms with E-state index in [1.807, 2.05) is 10.6 Å². The van der Waals surface area contributed by atoms with E-state index in [4.69, 9.17) is 18.9 Å². The second-order valence-corrected chi connectivity index (χ2v) is 12.9. The number of carbonyl (C=O) groups is 5. The summed E-state index contributed by atoms with van der Waals surface area (Å²) in [6, 6.07) is 4.86. The van der Waals surface area contributed by atoms with Crippen molar-refractivity contribution in [1.29, 1.82) is 0 Å². The molecular weight excluding hydrogens is 570 g/mol. The van der Waals surface area contributed by atoms with Gasteiger partial charge in [0.1, 0.15) is 35.5 Å². The third kappa shape index (κ3) is 15.9. The maximum Gasteiger partial charge on any atom is 0.408 e. The van der Waals surface area contributed by atoms with Gasteiger partial charge in [-0.2, -0.15) is 8.78 Å². The molecule has 0 spiro atoms. The van der Waals surface area contributed by atoms with Gasteiger partial charge >= 0.3 is 29.9 Å². The highest BCUT2D eigenvalue weighted by atomic mass is 19.3. The molecule has 0 unspecified atom stereocenters. The van der Waals surface area contributed by atoms with Gasteiger partial charge in [0.05, 0.1) is 6.42 Å². The number of hydrogen-bond donors (Lipinski definition) is 2. The van der Waals surface area contributed by atoms with Crippen molar-refractivity contribution in [1.82, 2.24) is 10.6 Å². The zero-order valence-electron chi connectivity index (χ0n) is 26.3. The zero-order chi connectivity index (χ0) is 33.2. The number of esters is 3. The van der Waals surface area contributed by atoms with Crippen molar-refractivity contribution in [3.8, 4) is 0 Å². The molecule has 0 bridgehead atoms. The van der Waals surface area contributed by atoms with Crippen molar-refractivity contribution in [3.05, 3.63) is 35.9 Å². The van der Waals surface area contributed by atoms with Crippen molar-refractivity contribution in [2.45, 2.75) is 123 Å². The first-order valence-corrected chi connectivity index (χ1v) is 13.8. The summed E-state index contributed by atoms with van der Waals surface area (Å²) in [6.07, 6.45) is -3.49. The van der Waals surface area contributed by atoms with E-state index in [1.54, 1.807) is 71.9 Å². The highest BCUT2D eigenvalue weighted by Gasteiger charge is 2.46. The molecule has 0 aromatic heterocycles. The Morgan fingerprint density at radius 3 is 1.70 bits per heavy atom. The molecule has 0 aliphatic rings. The summed E-state index contributed by atoms with van der Waals surface area (Å²) in [5.74, 6) is -9.22. The van der Waals surface area contributed by atoms with Gasteiger partial charge in [-0.25, -0.2) is 14.4 Å². The van der Waals surface area contributed by atoms with Gasteiger partial charge in [0.15, 0.2) is 0 Å². The monoisotopic (exact) mass is 614 g/mol. The maximum atomic E-state index is 15.3. The van der Waals surface area contributed by atoms with Gasteiger partial charge in [-0.1, -0.05) is 30.3 Å². The fraction of sp³-hybridized carbons (Fsp3) is 0.633. The van der Waals surface area contributed by atoms with E-state index < -0.39 is 77.6 Å². The van der Waals surface area contributed by atoms with Crippen LogP contribution in [0.15, 0.2) is 30.3 Å². The molecule has 0 fully saturated rings. The van der Waals surface area contributed by atoms with Gasteiger partial charge in [0, 0.05) is 6.42 Å². The number of benzene rings is 1. The Morgan fingerprint density at radius 2 is 1.21 bits per heavy atom. The SMILES string of the molecule is CC(C)(C)OC(=O)CC[C@H](NC(=O)C(F)(F)C[C@H](NC(=O)OCc1ccccc1)C(=O)OC(C)(C)C)C(=O)OC(C)(C)C. The first-order valence-electron chi connectivity index (χ1n) is 13.8. The van der Waals surface area contributed by atoms with Crippen LogP contribution in [0.25, 0.3) is 0 Å². The highest BCUT2D eigenvalue weighted by Crippen LogP contribution is 2.24. The van der Waals surface area contributed by atoms with E-state index in [0.717, 1.165) is 0 Å². The van der Waals surface area contributed by atoms with Gasteiger partial charge in [0.25, 0.3) is 5.91 Å². The minimum absolute atomic E-state index is 0.209. The first kappa shape index (κ1) is 37.3. The zero-order valence-corrected chi connectivity index (χ0v) is 26.3. The lowest BCUT2D eigenvalue weighted by atomic mass is 10.1. The maximum absolute atomic E-state index is 15.3. The van der Waals surface area contributed by atoms with Gasteiger partial charge in [-0.15, -0.1) is 0 Å². The molecule has 0 heterocycles. The predicted octanol–water partition coefficient (Wildman–Crippen LogP) is 4.60. The second kappa shape index (κ2) is 15.1. The minimum atomic E-state index is -4.29. The fourth-order valence-corrected chi connectivity index (χ4v) is 3.36. The Hall–Kier alpha value is -3.77. The Morgan fingerprint density at radius 1 is 0.721 bits per heavy atom. The number of halogens is 2. The van der Waals surface area contributed by atoms with Crippen molar-refractivity contribution in [2.24, 2.45) is 0 Å². The van der Waals surface area contributed by atoms with Crippen molar-refractivity contribution in [3.63, 3.8) is 0 Å². The fourth-order valence-electron chi connectivity index (χ4n) is 3.36. The Labute approximate surface area is 251 Å². The Bertz CT molecular complexity index is 1120. The summed E-state index contributed by atoms with van der Waals surface area (Å²) in [5.41, 5.74) is -2.36. The van der Waals surface area contributed by atoms with E-state index in [-0.39, 0.29) is 13.0 Å². The standard InChI is InChI=1S/C30H44F2N2O9/c1-27(2,3)41-22(35)16-15-20(23(36)42-28(4,5)6)33-25(38)30(31,32)17-21(24(37)43-29(7,8)9)34-26(39)40-18-19-13-11-10-12-14-19/h10-14,20-21H,15-18H2,1-9H3,(H,33,38)(H,34,39)/t20-,21-/m0/s1. The lowest BCUT2D eigenvalue weighted by Gasteiger charge is -2.28. The quantitative estimate of drug-likeness (QED) is 0.255. The number of rotatable bonds is 12. The number of alkyl carbamates (subject to hydrolysis) is 1. The molecule has 1 rings (SSSR count). The van der Waals surface area contributed by atoms with Crippen LogP contribution in [0, 0.1) is 0 Å². The summed E-state index contributed by atoms with van der Waals surface area (Å²) in [6.45, 7) is 13.8. The predicted molar refractivity (Wildman–Crippen MR) is 152 cm³/mol. The van der Waals surface area contributed by atoms with Crippen LogP contribution in [0.3, 0.4) is 0 Å². The molecular formula is C30H44F2N2O9. The minimum Gasteiger partial charge on any atom is -0.460 e. The van der Waals surface area contributed by atoms with Crippen LogP contribution in [-0.2, 0) is 44.7 Å². The smallest absolute Gasteiger partial charge is 0.408 e. The van der Waals surface area contributed by atoms with Crippen molar-refractivity contribution in [2.75, 3.05) is 0 Å². The van der Waals surface area contributed by atoms with E-state index in [2.05, 4.69) is 0 Å². The molecule has 242 valence electrons. The molecule has 2 N–H and O–H groups in total. The summed E-state index contributed by atoms with van der Waals surface area (Å²) < 4.78 is 51.2. The highest BCUT2D eigenvalue weighted by molar-refractivity contribution is 5.90. The molecule has 13 heteroatoms. The molecule has 1 aromatic carbocycles. The van der Waals surface area contributed by atoms with Crippen molar-refractivity contribution < 1.29 is 51.7 Å². The lowest BCUT2D eigenvalue weighted by molar-refractivity contribution is -0.166. The average molecular weight is 615 g/mol. The van der Waals surface area contributed by atoms with E-state index in [1.165, 1.54) is 20.8 Å². The summed E-state index contributed by atoms with van der Waals surface area (Å²) >= 11 is 0. The molecule has 0 radical (unpaired) electrons. The largest absolute Gasteiger partial charge is 0.460 e. The van der Waals surface area contributed by atoms with E-state index >= 15 is 8.78 Å². The third-order valence-electron chi connectivity index (χ3n) is 5.04. The van der Waals surface area contributed by atoms with E-state index in [0.29, 0.717) is 5.56 Å². The van der Waals surface area contributed by atoms with Crippen LogP contribution in [-0.4, -0.2) is 64.7 Å². The second-order valence-electron chi connectivity index (χ2n) is 12.9. The van der Waals surface area contributed by atoms with Gasteiger partial charge in [0.2, 0.25) is 0 Å². The van der Waals surface area contributed by atoms with Crippen LogP contribution in [0.2, 0.25) is 0 Å². The third-order valence-corrected chi connectivity index (χ3v) is 5.04. The average Bonchev–Trinajstić information content (AvgIpc) is 2.82. The number of amides is 2. The van der Waals surface area contributed by atoms with Crippen LogP contribution >= 0.6 is 0 Å². The Kier molecular flexibility index (Phi) is 13.1. The molecule has 0 aliphatic carbocycles. The number of carbonyl (C=O) groups excluding carboxylic acids is 5. The molecule has 0 saturated heterocycles. The van der Waals surface area contributed by atoms with Crippen LogP contribution < -0.4 is 10.6 Å². The summed E-state index contributed by atoms with van der Waals surface area (Å²) in [4.78, 5) is 62.9. The van der Waals surface area contributed by atoms with Gasteiger partial charge < -0.3 is 29.6 Å². The normalized spacial score (nSPS) is 13.7. The molecule has 43 heavy (non-hydrogen) atoms. The topological polar surface area (TPSA) is 146 Å². The van der Waals surface area contributed by atoms with Crippen LogP contribution in [0.4, 0.5) is 13.6 Å². The molecule has 2 amide bonds. The number of alkyl halides is 2. The molecule has 11 nitrogen and oxygen atoms in total. The first-order chi connectivity index (χ1) is 19.5. The van der Waals surface area contributed by atoms with Crippen molar-refractivity contribution >= 4 is 29.9 Å². The molecule has 0 saturated carbocycles. The number of nitrogens with one attached hydrogen (secondary N) is 2. The molecule has 2 atom stereocenters. The van der Waals surface area contributed by atoms with E-state index in [9.17, 15) is 24.0 Å². The molecule has 1 aromatic rings.